The van der Waals surface area contributed by atoms with Crippen LogP contribution in [-0.4, -0.2) is 116 Å². The summed E-state index contributed by atoms with van der Waals surface area (Å²) >= 11 is 0. The minimum absolute atomic E-state index is 0.139. The second-order valence-electron chi connectivity index (χ2n) is 10.3. The van der Waals surface area contributed by atoms with Crippen molar-refractivity contribution >= 4 is 11.9 Å². The van der Waals surface area contributed by atoms with E-state index in [1.807, 2.05) is 0 Å². The molecule has 0 aromatic heterocycles. The first-order valence-electron chi connectivity index (χ1n) is 16.6. The molecule has 0 bridgehead atoms. The third-order valence-electron chi connectivity index (χ3n) is 6.43. The van der Waals surface area contributed by atoms with Crippen LogP contribution in [0.2, 0.25) is 0 Å². The van der Waals surface area contributed by atoms with Crippen molar-refractivity contribution in [3.63, 3.8) is 0 Å². The van der Waals surface area contributed by atoms with Gasteiger partial charge in [0.1, 0.15) is 13.2 Å². The quantitative estimate of drug-likeness (QED) is 0.0724. The summed E-state index contributed by atoms with van der Waals surface area (Å²) in [6.45, 7) is 7.76. The Labute approximate surface area is 260 Å². The highest BCUT2D eigenvalue weighted by Gasteiger charge is 2.03. The van der Waals surface area contributed by atoms with Gasteiger partial charge >= 0.3 is 11.9 Å². The number of carboxylic acids is 1. The van der Waals surface area contributed by atoms with Crippen LogP contribution < -0.4 is 0 Å². The van der Waals surface area contributed by atoms with Crippen molar-refractivity contribution in [3.05, 3.63) is 0 Å². The lowest BCUT2D eigenvalue weighted by atomic mass is 10.0. The maximum absolute atomic E-state index is 11.8. The lowest BCUT2D eigenvalue weighted by molar-refractivity contribution is -0.145. The van der Waals surface area contributed by atoms with Crippen LogP contribution in [0.4, 0.5) is 0 Å². The topological polar surface area (TPSA) is 128 Å². The summed E-state index contributed by atoms with van der Waals surface area (Å²) in [4.78, 5) is 22.1. The minimum Gasteiger partial charge on any atom is -0.480 e. The standard InChI is InChI=1S/C32H62O11/c1-2-3-4-5-6-7-8-9-10-11-12-13-14-15-32(35)43-29-28-41-25-24-39-21-20-37-17-16-36-18-19-38-22-23-40-26-27-42-30-31(33)34/h2-30H2,1H3,(H,33,34). The molecule has 0 radical (unpaired) electrons. The van der Waals surface area contributed by atoms with Crippen molar-refractivity contribution in [2.75, 3.05) is 99.1 Å². The molecule has 0 atom stereocenters. The summed E-state index contributed by atoms with van der Waals surface area (Å²) in [5.41, 5.74) is 0. The van der Waals surface area contributed by atoms with Crippen molar-refractivity contribution in [1.82, 2.24) is 0 Å². The fourth-order valence-corrected chi connectivity index (χ4v) is 4.05. The maximum atomic E-state index is 11.8. The van der Waals surface area contributed by atoms with E-state index >= 15 is 0 Å². The number of carbonyl (C=O) groups excluding carboxylic acids is 1. The van der Waals surface area contributed by atoms with Gasteiger partial charge in [0, 0.05) is 6.42 Å². The molecule has 0 aromatic rings. The van der Waals surface area contributed by atoms with Gasteiger partial charge in [-0.1, -0.05) is 84.0 Å². The Hall–Kier alpha value is -1.34. The van der Waals surface area contributed by atoms with E-state index in [0.29, 0.717) is 85.7 Å². The number of aliphatic carboxylic acids is 1. The molecular formula is C32H62O11. The molecule has 0 heterocycles. The van der Waals surface area contributed by atoms with E-state index in [-0.39, 0.29) is 25.8 Å². The first-order chi connectivity index (χ1) is 21.2. The van der Waals surface area contributed by atoms with Gasteiger partial charge in [0.05, 0.1) is 85.9 Å². The molecule has 0 rings (SSSR count). The van der Waals surface area contributed by atoms with Crippen molar-refractivity contribution in [2.45, 2.75) is 96.8 Å². The van der Waals surface area contributed by atoms with Crippen LogP contribution in [-0.2, 0) is 47.5 Å². The van der Waals surface area contributed by atoms with E-state index in [2.05, 4.69) is 6.92 Å². The van der Waals surface area contributed by atoms with Gasteiger partial charge in [-0.2, -0.15) is 0 Å². The summed E-state index contributed by atoms with van der Waals surface area (Å²) in [5, 5.41) is 8.42. The third-order valence-corrected chi connectivity index (χ3v) is 6.43. The average molecular weight is 623 g/mol. The van der Waals surface area contributed by atoms with Crippen molar-refractivity contribution in [2.24, 2.45) is 0 Å². The van der Waals surface area contributed by atoms with E-state index in [0.717, 1.165) is 12.8 Å². The summed E-state index contributed by atoms with van der Waals surface area (Å²) < 4.78 is 42.4. The Balaban J connectivity index is 3.14. The Morgan fingerprint density at radius 1 is 0.419 bits per heavy atom. The SMILES string of the molecule is CCCCCCCCCCCCCCCC(=O)OCCOCCOCCOCCOCCOCCOCCOCC(=O)O. The Kier molecular flexibility index (Phi) is 35.7. The van der Waals surface area contributed by atoms with Crippen LogP contribution in [0.5, 0.6) is 0 Å². The van der Waals surface area contributed by atoms with Gasteiger partial charge in [-0.3, -0.25) is 4.79 Å². The van der Waals surface area contributed by atoms with E-state index in [4.69, 9.17) is 43.0 Å². The Morgan fingerprint density at radius 2 is 0.721 bits per heavy atom. The zero-order chi connectivity index (χ0) is 31.3. The van der Waals surface area contributed by atoms with Gasteiger partial charge in [-0.05, 0) is 6.42 Å². The van der Waals surface area contributed by atoms with Crippen LogP contribution >= 0.6 is 0 Å². The highest BCUT2D eigenvalue weighted by atomic mass is 16.6. The third kappa shape index (κ3) is 38.6. The predicted molar refractivity (Wildman–Crippen MR) is 165 cm³/mol. The van der Waals surface area contributed by atoms with Gasteiger partial charge in [-0.25, -0.2) is 4.79 Å². The number of hydrogen-bond donors (Lipinski definition) is 1. The molecule has 0 unspecified atom stereocenters. The minimum atomic E-state index is -0.995. The van der Waals surface area contributed by atoms with Gasteiger partial charge < -0.3 is 43.0 Å². The fraction of sp³-hybridized carbons (Fsp3) is 0.938. The van der Waals surface area contributed by atoms with Crippen LogP contribution in [0.3, 0.4) is 0 Å². The van der Waals surface area contributed by atoms with Gasteiger partial charge in [-0.15, -0.1) is 0 Å². The molecule has 0 saturated heterocycles. The van der Waals surface area contributed by atoms with Crippen molar-refractivity contribution in [1.29, 1.82) is 0 Å². The molecule has 11 nitrogen and oxygen atoms in total. The number of esters is 1. The molecule has 43 heavy (non-hydrogen) atoms. The number of hydrogen-bond acceptors (Lipinski definition) is 10. The first kappa shape index (κ1) is 41.7. The van der Waals surface area contributed by atoms with Gasteiger partial charge in [0.25, 0.3) is 0 Å². The van der Waals surface area contributed by atoms with E-state index < -0.39 is 5.97 Å². The molecule has 11 heteroatoms. The van der Waals surface area contributed by atoms with E-state index in [1.165, 1.54) is 70.6 Å². The lowest BCUT2D eigenvalue weighted by Crippen LogP contribution is -2.15. The molecule has 0 aliphatic heterocycles. The smallest absolute Gasteiger partial charge is 0.329 e. The molecule has 256 valence electrons. The Bertz CT molecular complexity index is 578. The molecule has 1 N–H and O–H groups in total. The number of carboxylic acid groups (broad SMARTS) is 1. The molecule has 0 aliphatic rings. The van der Waals surface area contributed by atoms with E-state index in [9.17, 15) is 9.59 Å². The van der Waals surface area contributed by atoms with Crippen LogP contribution in [0.15, 0.2) is 0 Å². The summed E-state index contributed by atoms with van der Waals surface area (Å²) in [7, 11) is 0. The van der Waals surface area contributed by atoms with Crippen LogP contribution in [0.25, 0.3) is 0 Å². The average Bonchev–Trinajstić information content (AvgIpc) is 2.99. The maximum Gasteiger partial charge on any atom is 0.329 e. The highest BCUT2D eigenvalue weighted by molar-refractivity contribution is 5.69. The molecule has 0 spiro atoms. The first-order valence-corrected chi connectivity index (χ1v) is 16.6. The summed E-state index contributed by atoms with van der Waals surface area (Å²) in [6.07, 6.45) is 17.3. The van der Waals surface area contributed by atoms with Gasteiger partial charge in [0.15, 0.2) is 0 Å². The largest absolute Gasteiger partial charge is 0.480 e. The zero-order valence-electron chi connectivity index (χ0n) is 27.0. The number of rotatable bonds is 37. The molecule has 0 fully saturated rings. The highest BCUT2D eigenvalue weighted by Crippen LogP contribution is 2.13. The molecule has 0 amide bonds. The lowest BCUT2D eigenvalue weighted by Gasteiger charge is -2.08. The monoisotopic (exact) mass is 622 g/mol. The number of carbonyl (C=O) groups is 2. The normalized spacial score (nSPS) is 11.3. The van der Waals surface area contributed by atoms with Crippen molar-refractivity contribution in [3.8, 4) is 0 Å². The number of ether oxygens (including phenoxy) is 8. The van der Waals surface area contributed by atoms with Crippen molar-refractivity contribution < 1.29 is 52.6 Å². The van der Waals surface area contributed by atoms with Gasteiger partial charge in [0.2, 0.25) is 0 Å². The summed E-state index contributed by atoms with van der Waals surface area (Å²) in [6, 6.07) is 0. The zero-order valence-corrected chi connectivity index (χ0v) is 27.0. The second-order valence-corrected chi connectivity index (χ2v) is 10.3. The molecule has 0 aromatic carbocycles. The molecule has 0 aliphatic carbocycles. The van der Waals surface area contributed by atoms with Crippen LogP contribution in [0, 0.1) is 0 Å². The summed E-state index contributed by atoms with van der Waals surface area (Å²) in [5.74, 6) is -1.13. The molecule has 0 saturated carbocycles. The fourth-order valence-electron chi connectivity index (χ4n) is 4.05. The second kappa shape index (κ2) is 36.8. The Morgan fingerprint density at radius 3 is 1.07 bits per heavy atom. The molecular weight excluding hydrogens is 560 g/mol. The van der Waals surface area contributed by atoms with Crippen LogP contribution in [0.1, 0.15) is 96.8 Å². The van der Waals surface area contributed by atoms with E-state index in [1.54, 1.807) is 0 Å². The number of unbranched alkanes of at least 4 members (excludes halogenated alkanes) is 12. The predicted octanol–water partition coefficient (Wildman–Crippen LogP) is 5.21.